The molecule has 2 rings (SSSR count). The summed E-state index contributed by atoms with van der Waals surface area (Å²) in [6, 6.07) is -0.170. The molecule has 2 heterocycles. The van der Waals surface area contributed by atoms with Crippen LogP contribution in [-0.2, 0) is 10.6 Å². The second-order valence-corrected chi connectivity index (χ2v) is 7.20. The first-order valence-corrected chi connectivity index (χ1v) is 8.00. The molecular weight excluding hydrogens is 320 g/mol. The molecule has 0 fully saturated rings. The summed E-state index contributed by atoms with van der Waals surface area (Å²) in [6.07, 6.45) is -1.95. The van der Waals surface area contributed by atoms with E-state index in [1.807, 2.05) is 13.8 Å². The van der Waals surface area contributed by atoms with Crippen LogP contribution in [0.25, 0.3) is 0 Å². The Hall–Kier alpha value is -0.820. The molecule has 0 aliphatic carbocycles. The molecule has 0 unspecified atom stereocenters. The Labute approximate surface area is 131 Å². The summed E-state index contributed by atoms with van der Waals surface area (Å²) in [7, 11) is 0. The first kappa shape index (κ1) is 16.5. The fraction of sp³-hybridized carbons (Fsp3) is 0.692. The lowest BCUT2D eigenvalue weighted by atomic mass is 10.1. The molecule has 1 aromatic rings. The molecule has 0 spiro atoms. The number of aromatic nitrogens is 2. The Kier molecular flexibility index (Phi) is 4.82. The Morgan fingerprint density at radius 3 is 2.57 bits per heavy atom. The number of thioether (sulfide) groups is 1. The van der Waals surface area contributed by atoms with Crippen molar-refractivity contribution < 1.29 is 13.6 Å². The monoisotopic (exact) mass is 337 g/mol. The minimum absolute atomic E-state index is 0.110. The number of rotatable bonds is 4. The molecule has 0 radical (unpaired) electrons. The van der Waals surface area contributed by atoms with Gasteiger partial charge in [-0.3, -0.25) is 4.68 Å². The highest BCUT2D eigenvalue weighted by Crippen LogP contribution is 2.35. The van der Waals surface area contributed by atoms with Gasteiger partial charge in [-0.05, 0) is 27.7 Å². The molecule has 1 aliphatic heterocycles. The van der Waals surface area contributed by atoms with Gasteiger partial charge >= 0.3 is 0 Å². The lowest BCUT2D eigenvalue weighted by Gasteiger charge is -2.13. The lowest BCUT2D eigenvalue weighted by Crippen LogP contribution is -2.18. The van der Waals surface area contributed by atoms with Crippen LogP contribution < -0.4 is 0 Å². The SMILES string of the molecule is CC(C)n1nc(Cl)c(CSC2=NOC(C)(C)C2)c1C(F)F. The summed E-state index contributed by atoms with van der Waals surface area (Å²) in [5, 5.41) is 8.91. The topological polar surface area (TPSA) is 39.4 Å². The van der Waals surface area contributed by atoms with E-state index in [9.17, 15) is 8.78 Å². The summed E-state index contributed by atoms with van der Waals surface area (Å²) in [4.78, 5) is 5.26. The molecule has 0 aromatic carbocycles. The maximum atomic E-state index is 13.3. The number of nitrogens with zero attached hydrogens (tertiary/aromatic N) is 3. The summed E-state index contributed by atoms with van der Waals surface area (Å²) in [5.41, 5.74) is -0.0705. The fourth-order valence-electron chi connectivity index (χ4n) is 2.05. The lowest BCUT2D eigenvalue weighted by molar-refractivity contribution is 0.0123. The van der Waals surface area contributed by atoms with Gasteiger partial charge < -0.3 is 4.84 Å². The van der Waals surface area contributed by atoms with Crippen LogP contribution in [0, 0.1) is 0 Å². The van der Waals surface area contributed by atoms with E-state index in [-0.39, 0.29) is 22.5 Å². The summed E-state index contributed by atoms with van der Waals surface area (Å²) < 4.78 is 27.9. The van der Waals surface area contributed by atoms with Crippen LogP contribution in [0.4, 0.5) is 8.78 Å². The molecule has 8 heteroatoms. The second-order valence-electron chi connectivity index (χ2n) is 5.80. The third-order valence-corrected chi connectivity index (χ3v) is 4.34. The van der Waals surface area contributed by atoms with Crippen molar-refractivity contribution >= 4 is 28.4 Å². The maximum Gasteiger partial charge on any atom is 0.280 e. The van der Waals surface area contributed by atoms with Gasteiger partial charge in [0.05, 0.1) is 0 Å². The Morgan fingerprint density at radius 2 is 2.10 bits per heavy atom. The van der Waals surface area contributed by atoms with E-state index >= 15 is 0 Å². The highest BCUT2D eigenvalue weighted by Gasteiger charge is 2.30. The minimum atomic E-state index is -2.61. The standard InChI is InChI=1S/C13H18ClF2N3OS/c1-7(2)19-10(12(15)16)8(11(14)17-19)6-21-9-5-13(3,4)20-18-9/h7,12H,5-6H2,1-4H3. The quantitative estimate of drug-likeness (QED) is 0.792. The predicted molar refractivity (Wildman–Crippen MR) is 81.1 cm³/mol. The zero-order valence-electron chi connectivity index (χ0n) is 12.4. The van der Waals surface area contributed by atoms with Crippen LogP contribution in [0.5, 0.6) is 0 Å². The molecule has 4 nitrogen and oxygen atoms in total. The van der Waals surface area contributed by atoms with E-state index in [4.69, 9.17) is 16.4 Å². The largest absolute Gasteiger partial charge is 0.389 e. The van der Waals surface area contributed by atoms with Gasteiger partial charge in [-0.1, -0.05) is 16.8 Å². The second kappa shape index (κ2) is 6.12. The predicted octanol–water partition coefficient (Wildman–Crippen LogP) is 4.80. The third-order valence-electron chi connectivity index (χ3n) is 3.05. The molecule has 0 saturated carbocycles. The van der Waals surface area contributed by atoms with Crippen LogP contribution in [0.15, 0.2) is 5.16 Å². The molecule has 0 bridgehead atoms. The molecule has 1 aromatic heterocycles. The van der Waals surface area contributed by atoms with Gasteiger partial charge in [-0.15, -0.1) is 11.8 Å². The van der Waals surface area contributed by atoms with Gasteiger partial charge in [0, 0.05) is 23.8 Å². The number of oxime groups is 1. The van der Waals surface area contributed by atoms with Crippen molar-refractivity contribution in [3.8, 4) is 0 Å². The summed E-state index contributed by atoms with van der Waals surface area (Å²) >= 11 is 7.39. The number of hydrogen-bond acceptors (Lipinski definition) is 4. The molecule has 0 atom stereocenters. The van der Waals surface area contributed by atoms with Crippen molar-refractivity contribution in [1.29, 1.82) is 0 Å². The number of hydrogen-bond donors (Lipinski definition) is 0. The van der Waals surface area contributed by atoms with Crippen molar-refractivity contribution in [3.05, 3.63) is 16.4 Å². The van der Waals surface area contributed by atoms with E-state index < -0.39 is 6.43 Å². The smallest absolute Gasteiger partial charge is 0.280 e. The Morgan fingerprint density at radius 1 is 1.43 bits per heavy atom. The molecule has 1 aliphatic rings. The fourth-order valence-corrected chi connectivity index (χ4v) is 3.51. The van der Waals surface area contributed by atoms with Crippen LogP contribution in [-0.4, -0.2) is 20.4 Å². The van der Waals surface area contributed by atoms with E-state index in [1.54, 1.807) is 13.8 Å². The van der Waals surface area contributed by atoms with E-state index in [1.165, 1.54) is 16.4 Å². The Bertz CT molecular complexity index is 558. The van der Waals surface area contributed by atoms with Crippen LogP contribution in [0.1, 0.15) is 57.8 Å². The molecule has 118 valence electrons. The van der Waals surface area contributed by atoms with Crippen molar-refractivity contribution in [2.24, 2.45) is 5.16 Å². The maximum absolute atomic E-state index is 13.3. The van der Waals surface area contributed by atoms with Gasteiger partial charge in [-0.2, -0.15) is 5.10 Å². The average Bonchev–Trinajstić information content (AvgIpc) is 2.87. The van der Waals surface area contributed by atoms with E-state index in [0.29, 0.717) is 17.7 Å². The minimum Gasteiger partial charge on any atom is -0.389 e. The molecule has 21 heavy (non-hydrogen) atoms. The summed E-state index contributed by atoms with van der Waals surface area (Å²) in [6.45, 7) is 7.45. The average molecular weight is 338 g/mol. The van der Waals surface area contributed by atoms with Crippen LogP contribution in [0.2, 0.25) is 5.15 Å². The Balaban J connectivity index is 2.17. The number of halogens is 3. The van der Waals surface area contributed by atoms with Gasteiger partial charge in [0.2, 0.25) is 0 Å². The zero-order chi connectivity index (χ0) is 15.8. The highest BCUT2D eigenvalue weighted by molar-refractivity contribution is 8.13. The van der Waals surface area contributed by atoms with E-state index in [2.05, 4.69) is 10.3 Å². The normalized spacial score (nSPS) is 17.5. The van der Waals surface area contributed by atoms with Crippen molar-refractivity contribution in [2.75, 3.05) is 0 Å². The van der Waals surface area contributed by atoms with Gasteiger partial charge in [0.25, 0.3) is 6.43 Å². The number of alkyl halides is 2. The van der Waals surface area contributed by atoms with Gasteiger partial charge in [0.1, 0.15) is 16.3 Å². The van der Waals surface area contributed by atoms with Gasteiger partial charge in [-0.25, -0.2) is 8.78 Å². The molecule has 0 N–H and O–H groups in total. The van der Waals surface area contributed by atoms with E-state index in [0.717, 1.165) is 5.04 Å². The van der Waals surface area contributed by atoms with Crippen molar-refractivity contribution in [3.63, 3.8) is 0 Å². The first-order chi connectivity index (χ1) is 9.71. The summed E-state index contributed by atoms with van der Waals surface area (Å²) in [5.74, 6) is 0.309. The van der Waals surface area contributed by atoms with Crippen molar-refractivity contribution in [1.82, 2.24) is 9.78 Å². The first-order valence-electron chi connectivity index (χ1n) is 6.64. The van der Waals surface area contributed by atoms with Gasteiger partial charge in [0.15, 0.2) is 5.15 Å². The zero-order valence-corrected chi connectivity index (χ0v) is 13.9. The third kappa shape index (κ3) is 3.69. The molecule has 0 saturated heterocycles. The van der Waals surface area contributed by atoms with Crippen molar-refractivity contribution in [2.45, 2.75) is 57.9 Å². The van der Waals surface area contributed by atoms with Crippen LogP contribution in [0.3, 0.4) is 0 Å². The van der Waals surface area contributed by atoms with Crippen LogP contribution >= 0.6 is 23.4 Å². The highest BCUT2D eigenvalue weighted by atomic mass is 35.5. The molecular formula is C13H18ClF2N3OS. The molecule has 0 amide bonds.